The third kappa shape index (κ3) is 7.68. The fourth-order valence-electron chi connectivity index (χ4n) is 2.47. The second-order valence-electron chi connectivity index (χ2n) is 6.28. The summed E-state index contributed by atoms with van der Waals surface area (Å²) in [6.07, 6.45) is 4.30. The number of rotatable bonds is 9. The van der Waals surface area contributed by atoms with E-state index in [1.165, 1.54) is 13.2 Å². The summed E-state index contributed by atoms with van der Waals surface area (Å²) >= 11 is 18.3. The zero-order valence-corrected chi connectivity index (χ0v) is 19.7. The second kappa shape index (κ2) is 11.4. The summed E-state index contributed by atoms with van der Waals surface area (Å²) in [6, 6.07) is 10.2. The molecule has 0 saturated carbocycles. The molecule has 0 spiro atoms. The summed E-state index contributed by atoms with van der Waals surface area (Å²) in [6.45, 7) is 1.99. The molecule has 9 heteroatoms. The van der Waals surface area contributed by atoms with Crippen LogP contribution in [0.5, 0.6) is 11.5 Å². The lowest BCUT2D eigenvalue weighted by molar-refractivity contribution is -0.134. The van der Waals surface area contributed by atoms with Gasteiger partial charge in [-0.2, -0.15) is 0 Å². The number of benzene rings is 2. The number of hydrogen-bond acceptors (Lipinski definition) is 5. The highest BCUT2D eigenvalue weighted by atomic mass is 35.8. The predicted molar refractivity (Wildman–Crippen MR) is 122 cm³/mol. The Morgan fingerprint density at radius 1 is 1.07 bits per heavy atom. The van der Waals surface area contributed by atoms with Gasteiger partial charge in [0.15, 0.2) is 0 Å². The number of carbonyl (C=O) groups excluding carboxylic acids is 2. The fourth-order valence-corrected chi connectivity index (χ4v) is 4.73. The molecule has 2 rings (SSSR count). The first-order valence-electron chi connectivity index (χ1n) is 9.14. The van der Waals surface area contributed by atoms with Crippen LogP contribution in [0.25, 0.3) is 6.08 Å². The molecule has 0 aliphatic rings. The lowest BCUT2D eigenvalue weighted by atomic mass is 10.2. The Balaban J connectivity index is 2.04. The van der Waals surface area contributed by atoms with Crippen LogP contribution in [-0.4, -0.2) is 30.8 Å². The van der Waals surface area contributed by atoms with Crippen LogP contribution in [-0.2, 0) is 9.53 Å². The van der Waals surface area contributed by atoms with Gasteiger partial charge in [0.25, 0.3) is 0 Å². The van der Waals surface area contributed by atoms with E-state index in [0.29, 0.717) is 29.0 Å². The third-order valence-electron chi connectivity index (χ3n) is 3.97. The Labute approximate surface area is 190 Å². The van der Waals surface area contributed by atoms with Gasteiger partial charge in [-0.1, -0.05) is 25.5 Å². The second-order valence-corrected chi connectivity index (χ2v) is 15.1. The first kappa shape index (κ1) is 24.3. The minimum Gasteiger partial charge on any atom is -0.490 e. The molecular formula is C21H21Cl3O5Si. The Kier molecular flexibility index (Phi) is 9.24. The molecule has 0 aromatic heterocycles. The maximum atomic E-state index is 12.4. The first-order chi connectivity index (χ1) is 14.2. The molecule has 1 atom stereocenters. The highest BCUT2D eigenvalue weighted by Crippen LogP contribution is 2.30. The van der Waals surface area contributed by atoms with Crippen LogP contribution in [0.15, 0.2) is 54.6 Å². The Hall–Kier alpha value is -1.99. The van der Waals surface area contributed by atoms with Gasteiger partial charge in [-0.15, -0.1) is 33.2 Å². The van der Waals surface area contributed by atoms with E-state index in [9.17, 15) is 9.59 Å². The van der Waals surface area contributed by atoms with Crippen LogP contribution < -0.4 is 9.47 Å². The Morgan fingerprint density at radius 2 is 1.77 bits per heavy atom. The normalized spacial score (nSPS) is 12.4. The summed E-state index contributed by atoms with van der Waals surface area (Å²) in [5.41, 5.74) is 0.564. The van der Waals surface area contributed by atoms with E-state index < -0.39 is 23.7 Å². The van der Waals surface area contributed by atoms with E-state index in [1.807, 2.05) is 6.92 Å². The maximum absolute atomic E-state index is 12.4. The predicted octanol–water partition coefficient (Wildman–Crippen LogP) is 5.83. The maximum Gasteiger partial charge on any atom is 0.381 e. The average Bonchev–Trinajstić information content (AvgIpc) is 2.71. The fraction of sp³-hybridized carbons (Fsp3) is 0.238. The molecule has 0 fully saturated rings. The van der Waals surface area contributed by atoms with Gasteiger partial charge in [0.2, 0.25) is 0 Å². The molecule has 0 heterocycles. The summed E-state index contributed by atoms with van der Waals surface area (Å²) in [5, 5.41) is 0. The lowest BCUT2D eigenvalue weighted by Gasteiger charge is -2.23. The van der Waals surface area contributed by atoms with Crippen LogP contribution >= 0.6 is 33.2 Å². The molecule has 0 aliphatic carbocycles. The van der Waals surface area contributed by atoms with E-state index in [0.717, 1.165) is 6.42 Å². The van der Waals surface area contributed by atoms with Crippen molar-refractivity contribution in [2.75, 3.05) is 7.11 Å². The molecule has 0 saturated heterocycles. The number of esters is 2. The molecule has 2 aromatic carbocycles. The molecular weight excluding hydrogens is 467 g/mol. The minimum absolute atomic E-state index is 0.344. The summed E-state index contributed by atoms with van der Waals surface area (Å²) in [5.74, 6) is -0.147. The van der Waals surface area contributed by atoms with Gasteiger partial charge in [0.05, 0.1) is 12.7 Å². The van der Waals surface area contributed by atoms with Crippen molar-refractivity contribution >= 4 is 57.3 Å². The quantitative estimate of drug-likeness (QED) is 0.146. The number of ether oxygens (including phenoxy) is 3. The van der Waals surface area contributed by atoms with E-state index >= 15 is 0 Å². The van der Waals surface area contributed by atoms with Crippen molar-refractivity contribution < 1.29 is 23.8 Å². The molecule has 2 aromatic rings. The van der Waals surface area contributed by atoms with E-state index in [4.69, 9.17) is 42.7 Å². The van der Waals surface area contributed by atoms with Crippen molar-refractivity contribution in [1.29, 1.82) is 0 Å². The molecule has 0 amide bonds. The minimum atomic E-state index is -3.03. The summed E-state index contributed by atoms with van der Waals surface area (Å²) in [4.78, 5) is 23.6. The Bertz CT molecular complexity index is 894. The van der Waals surface area contributed by atoms with Crippen molar-refractivity contribution in [3.05, 3.63) is 65.7 Å². The molecule has 0 bridgehead atoms. The van der Waals surface area contributed by atoms with Gasteiger partial charge in [-0.05, 0) is 54.5 Å². The molecule has 160 valence electrons. The van der Waals surface area contributed by atoms with Gasteiger partial charge >= 0.3 is 17.9 Å². The van der Waals surface area contributed by atoms with Gasteiger partial charge < -0.3 is 14.2 Å². The van der Waals surface area contributed by atoms with E-state index in [1.54, 1.807) is 54.6 Å². The molecule has 0 N–H and O–H groups in total. The number of carbonyl (C=O) groups is 2. The molecule has 5 nitrogen and oxygen atoms in total. The van der Waals surface area contributed by atoms with Gasteiger partial charge in [-0.3, -0.25) is 0 Å². The highest BCUT2D eigenvalue weighted by molar-refractivity contribution is 7.65. The van der Waals surface area contributed by atoms with Crippen molar-refractivity contribution in [1.82, 2.24) is 0 Å². The smallest absolute Gasteiger partial charge is 0.381 e. The average molecular weight is 488 g/mol. The van der Waals surface area contributed by atoms with Crippen LogP contribution in [0.4, 0.5) is 0 Å². The number of methoxy groups -OCH3 is 1. The van der Waals surface area contributed by atoms with Crippen molar-refractivity contribution in [2.45, 2.75) is 25.5 Å². The van der Waals surface area contributed by atoms with E-state index in [2.05, 4.69) is 4.74 Å². The molecule has 1 unspecified atom stereocenters. The topological polar surface area (TPSA) is 61.8 Å². The zero-order valence-electron chi connectivity index (χ0n) is 16.4. The number of hydrogen-bond donors (Lipinski definition) is 0. The lowest BCUT2D eigenvalue weighted by Crippen LogP contribution is -2.36. The standard InChI is InChI=1S/C21H21Cl3O5Si/c1-3-5-20(30(22,23)24)28-17-11-9-16(10-12-17)21(26)29-18-7-4-6-15(14-18)8-13-19(25)27-2/h4,6-14,20H,3,5H2,1-2H3/b13-8+. The first-order valence-corrected chi connectivity index (χ1v) is 14.3. The molecule has 0 radical (unpaired) electrons. The van der Waals surface area contributed by atoms with Crippen LogP contribution in [0.3, 0.4) is 0 Å². The molecule has 30 heavy (non-hydrogen) atoms. The summed E-state index contributed by atoms with van der Waals surface area (Å²) in [7, 11) is 1.30. The number of halogens is 3. The van der Waals surface area contributed by atoms with Gasteiger partial charge in [-0.25, -0.2) is 9.59 Å². The van der Waals surface area contributed by atoms with Crippen molar-refractivity contribution in [3.63, 3.8) is 0 Å². The van der Waals surface area contributed by atoms with Crippen LogP contribution in [0, 0.1) is 0 Å². The van der Waals surface area contributed by atoms with Crippen LogP contribution in [0.2, 0.25) is 0 Å². The van der Waals surface area contributed by atoms with E-state index in [-0.39, 0.29) is 0 Å². The third-order valence-corrected chi connectivity index (χ3v) is 7.29. The summed E-state index contributed by atoms with van der Waals surface area (Å²) < 4.78 is 15.8. The Morgan fingerprint density at radius 3 is 2.37 bits per heavy atom. The zero-order chi connectivity index (χ0) is 22.1. The molecule has 0 aliphatic heterocycles. The van der Waals surface area contributed by atoms with Gasteiger partial charge in [0.1, 0.15) is 17.2 Å². The monoisotopic (exact) mass is 486 g/mol. The van der Waals surface area contributed by atoms with Crippen molar-refractivity contribution in [2.24, 2.45) is 0 Å². The SMILES string of the molecule is CCCC(Oc1ccc(C(=O)Oc2cccc(/C=C/C(=O)OC)c2)cc1)[Si](Cl)(Cl)Cl. The van der Waals surface area contributed by atoms with Gasteiger partial charge in [0, 0.05) is 6.08 Å². The van der Waals surface area contributed by atoms with Crippen LogP contribution in [0.1, 0.15) is 35.7 Å². The largest absolute Gasteiger partial charge is 0.490 e. The highest BCUT2D eigenvalue weighted by Gasteiger charge is 2.38. The van der Waals surface area contributed by atoms with Crippen molar-refractivity contribution in [3.8, 4) is 11.5 Å².